The quantitative estimate of drug-likeness (QED) is 0.801. The van der Waals surface area contributed by atoms with E-state index in [-0.39, 0.29) is 24.9 Å². The fourth-order valence-electron chi connectivity index (χ4n) is 2.17. The van der Waals surface area contributed by atoms with Crippen molar-refractivity contribution < 1.29 is 9.59 Å². The highest BCUT2D eigenvalue weighted by Crippen LogP contribution is 2.25. The Morgan fingerprint density at radius 1 is 0.960 bits per heavy atom. The highest BCUT2D eigenvalue weighted by atomic mass is 35.5. The Morgan fingerprint density at radius 3 is 2.20 bits per heavy atom. The zero-order chi connectivity index (χ0) is 18.4. The van der Waals surface area contributed by atoms with E-state index in [1.807, 2.05) is 31.2 Å². The number of hydrogen-bond acceptors (Lipinski definition) is 3. The van der Waals surface area contributed by atoms with Gasteiger partial charge in [-0.15, -0.1) is 0 Å². The topological polar surface area (TPSA) is 61.4 Å². The minimum absolute atomic E-state index is 0.0458. The summed E-state index contributed by atoms with van der Waals surface area (Å²) in [5.74, 6) is -0.477. The molecule has 2 aromatic rings. The van der Waals surface area contributed by atoms with Gasteiger partial charge < -0.3 is 10.6 Å². The van der Waals surface area contributed by atoms with Crippen LogP contribution in [0.3, 0.4) is 0 Å². The molecule has 0 unspecified atom stereocenters. The zero-order valence-electron chi connectivity index (χ0n) is 14.0. The third kappa shape index (κ3) is 6.38. The number of carbonyl (C=O) groups is 2. The second-order valence-electron chi connectivity index (χ2n) is 5.76. The highest BCUT2D eigenvalue weighted by Gasteiger charge is 2.12. The fourth-order valence-corrected chi connectivity index (χ4v) is 2.50. The number of halogens is 2. The lowest BCUT2D eigenvalue weighted by molar-refractivity contribution is -0.119. The van der Waals surface area contributed by atoms with E-state index in [0.29, 0.717) is 15.7 Å². The summed E-state index contributed by atoms with van der Waals surface area (Å²) in [6.07, 6.45) is 0. The van der Waals surface area contributed by atoms with Gasteiger partial charge >= 0.3 is 0 Å². The lowest BCUT2D eigenvalue weighted by Crippen LogP contribution is -2.36. The first kappa shape index (κ1) is 19.2. The Bertz CT molecular complexity index is 763. The molecular weight excluding hydrogens is 361 g/mol. The van der Waals surface area contributed by atoms with Gasteiger partial charge in [0.2, 0.25) is 11.8 Å². The van der Waals surface area contributed by atoms with Crippen LogP contribution in [0.2, 0.25) is 10.0 Å². The summed E-state index contributed by atoms with van der Waals surface area (Å²) in [4.78, 5) is 25.7. The Kier molecular flexibility index (Phi) is 6.82. The molecule has 132 valence electrons. The number of carbonyl (C=O) groups excluding carboxylic acids is 2. The molecule has 0 radical (unpaired) electrons. The van der Waals surface area contributed by atoms with Crippen molar-refractivity contribution >= 4 is 46.4 Å². The number of likely N-dealkylation sites (N-methyl/N-ethyl adjacent to an activating group) is 1. The minimum atomic E-state index is -0.283. The van der Waals surface area contributed by atoms with Crippen LogP contribution in [0.5, 0.6) is 0 Å². The van der Waals surface area contributed by atoms with Crippen LogP contribution in [-0.2, 0) is 9.59 Å². The molecule has 0 aliphatic rings. The Labute approximate surface area is 156 Å². The van der Waals surface area contributed by atoms with Crippen molar-refractivity contribution in [2.75, 3.05) is 30.8 Å². The first-order chi connectivity index (χ1) is 11.8. The van der Waals surface area contributed by atoms with Gasteiger partial charge in [0, 0.05) is 10.7 Å². The van der Waals surface area contributed by atoms with Crippen molar-refractivity contribution in [2.45, 2.75) is 6.92 Å². The molecule has 2 aromatic carbocycles. The van der Waals surface area contributed by atoms with Gasteiger partial charge in [-0.05, 0) is 44.3 Å². The van der Waals surface area contributed by atoms with E-state index in [0.717, 1.165) is 11.3 Å². The van der Waals surface area contributed by atoms with Gasteiger partial charge in [0.25, 0.3) is 0 Å². The molecule has 2 amide bonds. The number of hydrogen-bond donors (Lipinski definition) is 2. The maximum Gasteiger partial charge on any atom is 0.238 e. The van der Waals surface area contributed by atoms with Crippen molar-refractivity contribution in [1.82, 2.24) is 4.90 Å². The van der Waals surface area contributed by atoms with Crippen LogP contribution in [-0.4, -0.2) is 36.9 Å². The molecule has 7 heteroatoms. The number of anilines is 2. The Balaban J connectivity index is 1.83. The molecule has 0 saturated heterocycles. The van der Waals surface area contributed by atoms with Crippen molar-refractivity contribution in [3.8, 4) is 0 Å². The summed E-state index contributed by atoms with van der Waals surface area (Å²) in [5.41, 5.74) is 2.28. The third-order valence-corrected chi connectivity index (χ3v) is 3.93. The van der Waals surface area contributed by atoms with Gasteiger partial charge in [-0.2, -0.15) is 0 Å². The van der Waals surface area contributed by atoms with Crippen LogP contribution in [0.1, 0.15) is 5.56 Å². The van der Waals surface area contributed by atoms with Gasteiger partial charge in [-0.1, -0.05) is 40.9 Å². The third-order valence-electron chi connectivity index (χ3n) is 3.36. The van der Waals surface area contributed by atoms with Gasteiger partial charge in [-0.25, -0.2) is 0 Å². The van der Waals surface area contributed by atoms with E-state index in [1.165, 1.54) is 0 Å². The molecule has 0 saturated carbocycles. The molecule has 0 aliphatic carbocycles. The van der Waals surface area contributed by atoms with E-state index in [9.17, 15) is 9.59 Å². The Morgan fingerprint density at radius 2 is 1.56 bits per heavy atom. The number of nitrogens with one attached hydrogen (secondary N) is 2. The normalized spacial score (nSPS) is 10.6. The number of benzene rings is 2. The molecule has 0 aliphatic heterocycles. The molecule has 2 N–H and O–H groups in total. The first-order valence-corrected chi connectivity index (χ1v) is 8.39. The Hall–Kier alpha value is -2.08. The molecule has 2 rings (SSSR count). The number of rotatable bonds is 6. The molecule has 25 heavy (non-hydrogen) atoms. The van der Waals surface area contributed by atoms with E-state index in [2.05, 4.69) is 10.6 Å². The van der Waals surface area contributed by atoms with E-state index in [4.69, 9.17) is 23.2 Å². The van der Waals surface area contributed by atoms with Crippen LogP contribution < -0.4 is 10.6 Å². The van der Waals surface area contributed by atoms with E-state index in [1.54, 1.807) is 30.1 Å². The lowest BCUT2D eigenvalue weighted by atomic mass is 10.2. The summed E-state index contributed by atoms with van der Waals surface area (Å²) >= 11 is 11.9. The van der Waals surface area contributed by atoms with Gasteiger partial charge in [-0.3, -0.25) is 14.5 Å². The van der Waals surface area contributed by atoms with Gasteiger partial charge in [0.1, 0.15) is 0 Å². The molecule has 0 atom stereocenters. The maximum atomic E-state index is 12.1. The minimum Gasteiger partial charge on any atom is -0.325 e. The molecular formula is C18H19Cl2N3O2. The summed E-state index contributed by atoms with van der Waals surface area (Å²) in [7, 11) is 1.69. The van der Waals surface area contributed by atoms with Crippen molar-refractivity contribution in [3.63, 3.8) is 0 Å². The van der Waals surface area contributed by atoms with E-state index >= 15 is 0 Å². The van der Waals surface area contributed by atoms with Crippen LogP contribution in [0.4, 0.5) is 11.4 Å². The number of aryl methyl sites for hydroxylation is 1. The summed E-state index contributed by atoms with van der Waals surface area (Å²) in [6.45, 7) is 2.11. The second-order valence-corrected chi connectivity index (χ2v) is 6.60. The molecule has 5 nitrogen and oxygen atoms in total. The summed E-state index contributed by atoms with van der Waals surface area (Å²) in [5, 5.41) is 6.35. The van der Waals surface area contributed by atoms with Gasteiger partial charge in [0.15, 0.2) is 0 Å². The standard InChI is InChI=1S/C18H19Cl2N3O2/c1-12-3-6-14(7-4-12)21-17(24)10-23(2)11-18(25)22-16-9-13(19)5-8-15(16)20/h3-9H,10-11H2,1-2H3,(H,21,24)(H,22,25). The zero-order valence-corrected chi connectivity index (χ0v) is 15.5. The van der Waals surface area contributed by atoms with Crippen molar-refractivity contribution in [1.29, 1.82) is 0 Å². The van der Waals surface area contributed by atoms with Gasteiger partial charge in [0.05, 0.1) is 23.8 Å². The lowest BCUT2D eigenvalue weighted by Gasteiger charge is -2.16. The molecule has 0 spiro atoms. The fraction of sp³-hybridized carbons (Fsp3) is 0.222. The monoisotopic (exact) mass is 379 g/mol. The summed E-state index contributed by atoms with van der Waals surface area (Å²) < 4.78 is 0. The largest absolute Gasteiger partial charge is 0.325 e. The molecule has 0 aromatic heterocycles. The molecule has 0 bridgehead atoms. The SMILES string of the molecule is Cc1ccc(NC(=O)CN(C)CC(=O)Nc2cc(Cl)ccc2Cl)cc1. The highest BCUT2D eigenvalue weighted by molar-refractivity contribution is 6.35. The van der Waals surface area contributed by atoms with E-state index < -0.39 is 0 Å². The van der Waals surface area contributed by atoms with Crippen LogP contribution in [0.25, 0.3) is 0 Å². The average Bonchev–Trinajstić information content (AvgIpc) is 2.52. The smallest absolute Gasteiger partial charge is 0.238 e. The first-order valence-electron chi connectivity index (χ1n) is 7.63. The van der Waals surface area contributed by atoms with Crippen molar-refractivity contribution in [2.24, 2.45) is 0 Å². The summed E-state index contributed by atoms with van der Waals surface area (Å²) in [6, 6.07) is 12.3. The van der Waals surface area contributed by atoms with Crippen molar-refractivity contribution in [3.05, 3.63) is 58.1 Å². The maximum absolute atomic E-state index is 12.1. The second kappa shape index (κ2) is 8.85. The predicted octanol–water partition coefficient (Wildman–Crippen LogP) is 3.81. The predicted molar refractivity (Wildman–Crippen MR) is 102 cm³/mol. The number of amides is 2. The van der Waals surface area contributed by atoms with Crippen LogP contribution >= 0.6 is 23.2 Å². The molecule has 0 heterocycles. The number of nitrogens with zero attached hydrogens (tertiary/aromatic N) is 1. The average molecular weight is 380 g/mol. The van der Waals surface area contributed by atoms with Crippen LogP contribution in [0.15, 0.2) is 42.5 Å². The van der Waals surface area contributed by atoms with Crippen LogP contribution in [0, 0.1) is 6.92 Å². The molecule has 0 fully saturated rings.